The van der Waals surface area contributed by atoms with Crippen LogP contribution in [0, 0.1) is 5.41 Å². The Balaban J connectivity index is 2.10. The second-order valence-electron chi connectivity index (χ2n) is 2.92. The molecule has 0 fully saturated rings. The van der Waals surface area contributed by atoms with Crippen LogP contribution in [0.15, 0.2) is 5.16 Å². The second-order valence-corrected chi connectivity index (χ2v) is 3.98. The van der Waals surface area contributed by atoms with Gasteiger partial charge in [0.05, 0.1) is 5.84 Å². The number of nitrogens with zero attached hydrogens (tertiary/aromatic N) is 4. The van der Waals surface area contributed by atoms with Crippen LogP contribution in [0.4, 0.5) is 0 Å². The van der Waals surface area contributed by atoms with Crippen LogP contribution in [-0.4, -0.2) is 31.8 Å². The Morgan fingerprint density at radius 2 is 2.36 bits per heavy atom. The summed E-state index contributed by atoms with van der Waals surface area (Å²) in [5.41, 5.74) is 5.23. The van der Waals surface area contributed by atoms with E-state index in [2.05, 4.69) is 15.5 Å². The molecule has 3 N–H and O–H groups in total. The summed E-state index contributed by atoms with van der Waals surface area (Å²) >= 11 is 1.62. The largest absolute Gasteiger partial charge is 0.388 e. The molecule has 14 heavy (non-hydrogen) atoms. The lowest BCUT2D eigenvalue weighted by Gasteiger charge is -1.99. The second kappa shape index (κ2) is 5.58. The van der Waals surface area contributed by atoms with Gasteiger partial charge in [-0.3, -0.25) is 5.41 Å². The van der Waals surface area contributed by atoms with Crippen molar-refractivity contribution >= 4 is 17.6 Å². The fraction of sp³-hybridized carbons (Fsp3) is 0.714. The molecule has 0 bridgehead atoms. The molecular weight excluding hydrogens is 200 g/mol. The first-order chi connectivity index (χ1) is 6.70. The third kappa shape index (κ3) is 3.73. The van der Waals surface area contributed by atoms with Crippen molar-refractivity contribution in [3.63, 3.8) is 0 Å². The first-order valence-electron chi connectivity index (χ1n) is 4.38. The number of hydrogen-bond acceptors (Lipinski definition) is 5. The molecule has 78 valence electrons. The molecular formula is C7H14N6S. The van der Waals surface area contributed by atoms with Gasteiger partial charge in [-0.05, 0) is 23.3 Å². The summed E-state index contributed by atoms with van der Waals surface area (Å²) in [6, 6.07) is 0. The maximum Gasteiger partial charge on any atom is 0.209 e. The average molecular weight is 214 g/mol. The highest BCUT2D eigenvalue weighted by Gasteiger charge is 2.01. The number of thioether (sulfide) groups is 1. The van der Waals surface area contributed by atoms with E-state index in [0.717, 1.165) is 23.8 Å². The van der Waals surface area contributed by atoms with Crippen LogP contribution in [0.3, 0.4) is 0 Å². The lowest BCUT2D eigenvalue weighted by atomic mass is 10.2. The van der Waals surface area contributed by atoms with Gasteiger partial charge in [0.15, 0.2) is 0 Å². The van der Waals surface area contributed by atoms with Gasteiger partial charge in [-0.15, -0.1) is 5.10 Å². The van der Waals surface area contributed by atoms with Crippen molar-refractivity contribution in [1.29, 1.82) is 5.41 Å². The van der Waals surface area contributed by atoms with Crippen LogP contribution in [-0.2, 0) is 7.05 Å². The molecule has 1 heterocycles. The number of tetrazole rings is 1. The highest BCUT2D eigenvalue weighted by atomic mass is 32.2. The van der Waals surface area contributed by atoms with Gasteiger partial charge in [0.2, 0.25) is 5.16 Å². The van der Waals surface area contributed by atoms with Gasteiger partial charge in [0.1, 0.15) is 0 Å². The number of aryl methyl sites for hydroxylation is 1. The molecule has 0 aliphatic carbocycles. The van der Waals surface area contributed by atoms with E-state index in [0.29, 0.717) is 6.42 Å². The maximum atomic E-state index is 7.04. The lowest BCUT2D eigenvalue weighted by molar-refractivity contribution is 0.664. The summed E-state index contributed by atoms with van der Waals surface area (Å²) in [7, 11) is 1.82. The minimum Gasteiger partial charge on any atom is -0.388 e. The molecule has 0 aliphatic heterocycles. The molecule has 0 saturated carbocycles. The van der Waals surface area contributed by atoms with Crippen molar-refractivity contribution in [1.82, 2.24) is 20.2 Å². The fourth-order valence-electron chi connectivity index (χ4n) is 0.924. The zero-order chi connectivity index (χ0) is 10.4. The number of nitrogens with one attached hydrogen (secondary N) is 1. The van der Waals surface area contributed by atoms with Crippen molar-refractivity contribution < 1.29 is 0 Å². The normalized spacial score (nSPS) is 10.4. The molecule has 0 unspecified atom stereocenters. The molecule has 0 aromatic carbocycles. The average Bonchev–Trinajstić information content (AvgIpc) is 2.51. The SMILES string of the molecule is Cn1nnnc1SCCCCC(=N)N. The van der Waals surface area contributed by atoms with Crippen molar-refractivity contribution in [2.45, 2.75) is 24.4 Å². The monoisotopic (exact) mass is 214 g/mol. The first kappa shape index (κ1) is 11.0. The van der Waals surface area contributed by atoms with Crippen molar-refractivity contribution in [3.05, 3.63) is 0 Å². The minimum absolute atomic E-state index is 0.260. The Labute approximate surface area is 86.8 Å². The van der Waals surface area contributed by atoms with Gasteiger partial charge < -0.3 is 5.73 Å². The van der Waals surface area contributed by atoms with Gasteiger partial charge >= 0.3 is 0 Å². The molecule has 0 aliphatic rings. The third-order valence-corrected chi connectivity index (χ3v) is 2.75. The number of amidine groups is 1. The van der Waals surface area contributed by atoms with Crippen LogP contribution >= 0.6 is 11.8 Å². The molecule has 0 amide bonds. The van der Waals surface area contributed by atoms with Gasteiger partial charge in [-0.1, -0.05) is 11.8 Å². The summed E-state index contributed by atoms with van der Waals surface area (Å²) in [6.07, 6.45) is 2.66. The van der Waals surface area contributed by atoms with Gasteiger partial charge in [0, 0.05) is 19.2 Å². The highest BCUT2D eigenvalue weighted by molar-refractivity contribution is 7.99. The van der Waals surface area contributed by atoms with Crippen molar-refractivity contribution in [2.24, 2.45) is 12.8 Å². The molecule has 0 radical (unpaired) electrons. The number of rotatable bonds is 6. The third-order valence-electron chi connectivity index (χ3n) is 1.65. The van der Waals surface area contributed by atoms with Crippen molar-refractivity contribution in [2.75, 3.05) is 5.75 Å². The molecule has 0 spiro atoms. The molecule has 6 nitrogen and oxygen atoms in total. The smallest absolute Gasteiger partial charge is 0.209 e. The van der Waals surface area contributed by atoms with Crippen LogP contribution in [0.1, 0.15) is 19.3 Å². The first-order valence-corrected chi connectivity index (χ1v) is 5.37. The minimum atomic E-state index is 0.260. The van der Waals surface area contributed by atoms with Crippen LogP contribution in [0.5, 0.6) is 0 Å². The summed E-state index contributed by atoms with van der Waals surface area (Å²) in [5.74, 6) is 1.22. The molecule has 0 atom stereocenters. The van der Waals surface area contributed by atoms with E-state index in [1.165, 1.54) is 0 Å². The standard InChI is InChI=1S/C7H14N6S/c1-13-7(10-11-12-13)14-5-3-2-4-6(8)9/h2-5H2,1H3,(H3,8,9). The Bertz CT molecular complexity index is 296. The fourth-order valence-corrected chi connectivity index (χ4v) is 1.77. The van der Waals surface area contributed by atoms with E-state index in [1.54, 1.807) is 16.4 Å². The van der Waals surface area contributed by atoms with Gasteiger partial charge in [0.25, 0.3) is 0 Å². The summed E-state index contributed by atoms with van der Waals surface area (Å²) in [6.45, 7) is 0. The zero-order valence-corrected chi connectivity index (χ0v) is 8.92. The lowest BCUT2D eigenvalue weighted by Crippen LogP contribution is -2.08. The molecule has 1 aromatic rings. The Morgan fingerprint density at radius 1 is 1.57 bits per heavy atom. The number of unbranched alkanes of at least 4 members (excludes halogenated alkanes) is 1. The summed E-state index contributed by atoms with van der Waals surface area (Å²) in [5, 5.41) is 19.0. The predicted molar refractivity (Wildman–Crippen MR) is 55.3 cm³/mol. The topological polar surface area (TPSA) is 93.5 Å². The van der Waals surface area contributed by atoms with E-state index >= 15 is 0 Å². The highest BCUT2D eigenvalue weighted by Crippen LogP contribution is 2.14. The molecule has 7 heteroatoms. The molecule has 1 aromatic heterocycles. The predicted octanol–water partition coefficient (Wildman–Crippen LogP) is 0.408. The van der Waals surface area contributed by atoms with E-state index < -0.39 is 0 Å². The molecule has 0 saturated heterocycles. The maximum absolute atomic E-state index is 7.04. The number of aromatic nitrogens is 4. The quantitative estimate of drug-likeness (QED) is 0.309. The van der Waals surface area contributed by atoms with Gasteiger partial charge in [-0.25, -0.2) is 4.68 Å². The Hall–Kier alpha value is -1.11. The van der Waals surface area contributed by atoms with E-state index in [-0.39, 0.29) is 5.84 Å². The van der Waals surface area contributed by atoms with Crippen LogP contribution < -0.4 is 5.73 Å². The Kier molecular flexibility index (Phi) is 4.37. The molecule has 1 rings (SSSR count). The summed E-state index contributed by atoms with van der Waals surface area (Å²) in [4.78, 5) is 0. The number of nitrogens with two attached hydrogens (primary N) is 1. The Morgan fingerprint density at radius 3 is 2.93 bits per heavy atom. The van der Waals surface area contributed by atoms with Crippen LogP contribution in [0.25, 0.3) is 0 Å². The number of hydrogen-bond donors (Lipinski definition) is 2. The summed E-state index contributed by atoms with van der Waals surface area (Å²) < 4.78 is 1.65. The van der Waals surface area contributed by atoms with Gasteiger partial charge in [-0.2, -0.15) is 0 Å². The van der Waals surface area contributed by atoms with E-state index in [9.17, 15) is 0 Å². The van der Waals surface area contributed by atoms with E-state index in [4.69, 9.17) is 11.1 Å². The van der Waals surface area contributed by atoms with Crippen LogP contribution in [0.2, 0.25) is 0 Å². The van der Waals surface area contributed by atoms with E-state index in [1.807, 2.05) is 7.05 Å². The van der Waals surface area contributed by atoms with Crippen molar-refractivity contribution in [3.8, 4) is 0 Å². The zero-order valence-electron chi connectivity index (χ0n) is 8.10.